The van der Waals surface area contributed by atoms with E-state index in [-0.39, 0.29) is 23.9 Å². The summed E-state index contributed by atoms with van der Waals surface area (Å²) in [5.41, 5.74) is -3.27. The first-order chi connectivity index (χ1) is 18.2. The molecule has 2 aromatic heterocycles. The first-order valence-electron chi connectivity index (χ1n) is 10.8. The molecule has 0 fully saturated rings. The number of carbonyl (C=O) groups is 5. The largest absolute Gasteiger partial charge is 0.480 e. The lowest BCUT2D eigenvalue weighted by Crippen LogP contribution is -2.47. The highest BCUT2D eigenvalue weighted by Gasteiger charge is 2.54. The molecular weight excluding hydrogens is 612 g/mol. The van der Waals surface area contributed by atoms with Gasteiger partial charge < -0.3 is 14.6 Å². The highest BCUT2D eigenvalue weighted by molar-refractivity contribution is 6.37. The third-order valence-electron chi connectivity index (χ3n) is 4.84. The SMILES string of the molecule is CCOC(=O)C(CC)(C(=O)O)C(=O)c1cc(F)c(Cl)nc1Cl.CCOC(=O)CC(=O)c1cc(F)c(Cl)nc1Cl. The van der Waals surface area contributed by atoms with Crippen LogP contribution in [-0.4, -0.2) is 57.8 Å². The summed E-state index contributed by atoms with van der Waals surface area (Å²) < 4.78 is 35.8. The van der Waals surface area contributed by atoms with Crippen LogP contribution in [0.15, 0.2) is 12.1 Å². The molecule has 0 amide bonds. The van der Waals surface area contributed by atoms with Crippen molar-refractivity contribution in [2.24, 2.45) is 5.41 Å². The van der Waals surface area contributed by atoms with Crippen LogP contribution in [0.1, 0.15) is 54.3 Å². The molecule has 1 unspecified atom stereocenters. The molecule has 0 saturated heterocycles. The summed E-state index contributed by atoms with van der Waals surface area (Å²) in [6, 6.07) is 1.49. The summed E-state index contributed by atoms with van der Waals surface area (Å²) in [5.74, 6) is -7.49. The third kappa shape index (κ3) is 8.28. The third-order valence-corrected chi connectivity index (χ3v) is 5.94. The summed E-state index contributed by atoms with van der Waals surface area (Å²) >= 11 is 22.1. The van der Waals surface area contributed by atoms with Gasteiger partial charge in [-0.25, -0.2) is 18.7 Å². The Morgan fingerprint density at radius 2 is 1.28 bits per heavy atom. The molecule has 0 bridgehead atoms. The number of ether oxygens (including phenoxy) is 2. The van der Waals surface area contributed by atoms with Gasteiger partial charge in [0.25, 0.3) is 0 Å². The number of nitrogens with zero attached hydrogens (tertiary/aromatic N) is 2. The molecule has 2 aromatic rings. The van der Waals surface area contributed by atoms with Crippen molar-refractivity contribution < 1.29 is 47.3 Å². The van der Waals surface area contributed by atoms with Crippen molar-refractivity contribution in [3.8, 4) is 0 Å². The Morgan fingerprint density at radius 3 is 1.72 bits per heavy atom. The van der Waals surface area contributed by atoms with Crippen LogP contribution in [0, 0.1) is 17.0 Å². The van der Waals surface area contributed by atoms with E-state index < -0.39 is 80.4 Å². The highest BCUT2D eigenvalue weighted by Crippen LogP contribution is 2.33. The van der Waals surface area contributed by atoms with Gasteiger partial charge in [0.05, 0.1) is 24.3 Å². The van der Waals surface area contributed by atoms with E-state index in [1.165, 1.54) is 13.8 Å². The molecule has 1 atom stereocenters. The fraction of sp³-hybridized carbons (Fsp3) is 0.348. The van der Waals surface area contributed by atoms with Crippen LogP contribution in [-0.2, 0) is 23.9 Å². The second-order valence-corrected chi connectivity index (χ2v) is 8.65. The van der Waals surface area contributed by atoms with Crippen LogP contribution in [0.2, 0.25) is 20.6 Å². The van der Waals surface area contributed by atoms with E-state index in [0.717, 1.165) is 6.07 Å². The van der Waals surface area contributed by atoms with Crippen LogP contribution in [0.4, 0.5) is 8.78 Å². The number of halogens is 6. The van der Waals surface area contributed by atoms with Crippen molar-refractivity contribution in [2.75, 3.05) is 13.2 Å². The molecule has 0 saturated carbocycles. The Bertz CT molecular complexity index is 1300. The van der Waals surface area contributed by atoms with Crippen LogP contribution >= 0.6 is 46.4 Å². The number of carboxylic acids is 1. The number of hydrogen-bond acceptors (Lipinski definition) is 9. The van der Waals surface area contributed by atoms with E-state index in [0.29, 0.717) is 6.07 Å². The molecule has 2 heterocycles. The van der Waals surface area contributed by atoms with Crippen molar-refractivity contribution in [1.82, 2.24) is 9.97 Å². The average molecular weight is 632 g/mol. The summed E-state index contributed by atoms with van der Waals surface area (Å²) in [5, 5.41) is 7.62. The molecule has 0 aliphatic carbocycles. The van der Waals surface area contributed by atoms with E-state index >= 15 is 0 Å². The lowest BCUT2D eigenvalue weighted by Gasteiger charge is -2.24. The van der Waals surface area contributed by atoms with Gasteiger partial charge in [0.15, 0.2) is 33.5 Å². The van der Waals surface area contributed by atoms with Gasteiger partial charge in [0, 0.05) is 0 Å². The Kier molecular flexibility index (Phi) is 13.1. The van der Waals surface area contributed by atoms with E-state index in [9.17, 15) is 37.9 Å². The summed E-state index contributed by atoms with van der Waals surface area (Å²) in [6.45, 7) is 4.42. The zero-order chi connectivity index (χ0) is 30.1. The first-order valence-corrected chi connectivity index (χ1v) is 12.4. The quantitative estimate of drug-likeness (QED) is 0.156. The molecular formula is C23H20Cl4F2N2O8. The minimum Gasteiger partial charge on any atom is -0.480 e. The van der Waals surface area contributed by atoms with Crippen LogP contribution in [0.25, 0.3) is 0 Å². The molecule has 16 heteroatoms. The number of pyridine rings is 2. The van der Waals surface area contributed by atoms with Crippen molar-refractivity contribution in [3.05, 3.63) is 55.5 Å². The number of Topliss-reactive ketones (excluding diaryl/α,β-unsaturated/α-hetero) is 2. The Morgan fingerprint density at radius 1 is 0.821 bits per heavy atom. The predicted molar refractivity (Wildman–Crippen MR) is 135 cm³/mol. The zero-order valence-electron chi connectivity index (χ0n) is 20.5. The van der Waals surface area contributed by atoms with Gasteiger partial charge in [-0.2, -0.15) is 0 Å². The molecule has 0 aromatic carbocycles. The molecule has 39 heavy (non-hydrogen) atoms. The maximum Gasteiger partial charge on any atom is 0.331 e. The second kappa shape index (κ2) is 15.0. The summed E-state index contributed by atoms with van der Waals surface area (Å²) in [6.07, 6.45) is -0.920. The van der Waals surface area contributed by atoms with Crippen LogP contribution in [0.3, 0.4) is 0 Å². The normalized spacial score (nSPS) is 11.9. The Labute approximate surface area is 240 Å². The van der Waals surface area contributed by atoms with E-state index in [1.807, 2.05) is 0 Å². The molecule has 0 spiro atoms. The second-order valence-electron chi connectivity index (χ2n) is 7.22. The average Bonchev–Trinajstić information content (AvgIpc) is 2.84. The standard InChI is InChI=1S/C13H12Cl2FNO5.C10H8Cl2FNO3/c1-3-13(11(19)20,12(21)22-4-2)8(18)6-5-7(16)10(15)17-9(6)14;1-2-17-8(16)4-7(15)5-3-6(13)10(12)14-9(5)11/h5H,3-4H2,1-2H3,(H,19,20);3H,2,4H2,1H3. The number of carboxylic acid groups (broad SMARTS) is 1. The van der Waals surface area contributed by atoms with Gasteiger partial charge in [0.1, 0.15) is 16.7 Å². The van der Waals surface area contributed by atoms with E-state index in [4.69, 9.17) is 46.4 Å². The lowest BCUT2D eigenvalue weighted by atomic mass is 9.78. The number of hydrogen-bond donors (Lipinski definition) is 1. The maximum absolute atomic E-state index is 13.5. The minimum atomic E-state index is -2.53. The zero-order valence-corrected chi connectivity index (χ0v) is 23.5. The molecule has 0 aliphatic heterocycles. The van der Waals surface area contributed by atoms with Gasteiger partial charge >= 0.3 is 17.9 Å². The minimum absolute atomic E-state index is 0.123. The summed E-state index contributed by atoms with van der Waals surface area (Å²) in [4.78, 5) is 65.5. The van der Waals surface area contributed by atoms with Gasteiger partial charge in [-0.3, -0.25) is 24.0 Å². The Balaban J connectivity index is 0.000000403. The summed E-state index contributed by atoms with van der Waals surface area (Å²) in [7, 11) is 0. The van der Waals surface area contributed by atoms with Gasteiger partial charge in [-0.1, -0.05) is 53.3 Å². The fourth-order valence-electron chi connectivity index (χ4n) is 2.90. The van der Waals surface area contributed by atoms with E-state index in [1.54, 1.807) is 6.92 Å². The number of rotatable bonds is 10. The smallest absolute Gasteiger partial charge is 0.331 e. The monoisotopic (exact) mass is 630 g/mol. The molecule has 2 rings (SSSR count). The number of aliphatic carboxylic acids is 1. The molecule has 0 radical (unpaired) electrons. The van der Waals surface area contributed by atoms with Crippen LogP contribution < -0.4 is 0 Å². The number of esters is 2. The van der Waals surface area contributed by atoms with Crippen molar-refractivity contribution in [1.29, 1.82) is 0 Å². The first kappa shape index (κ1) is 34.1. The van der Waals surface area contributed by atoms with Crippen LogP contribution in [0.5, 0.6) is 0 Å². The van der Waals surface area contributed by atoms with Gasteiger partial charge in [-0.05, 0) is 32.4 Å². The van der Waals surface area contributed by atoms with Crippen molar-refractivity contribution >= 4 is 75.9 Å². The van der Waals surface area contributed by atoms with Gasteiger partial charge in [-0.15, -0.1) is 0 Å². The van der Waals surface area contributed by atoms with Crippen molar-refractivity contribution in [2.45, 2.75) is 33.6 Å². The number of ketones is 2. The maximum atomic E-state index is 13.5. The van der Waals surface area contributed by atoms with E-state index in [2.05, 4.69) is 19.4 Å². The van der Waals surface area contributed by atoms with Gasteiger partial charge in [0.2, 0.25) is 5.41 Å². The number of aromatic nitrogens is 2. The fourth-order valence-corrected chi connectivity index (χ4v) is 3.74. The molecule has 1 N–H and O–H groups in total. The molecule has 212 valence electrons. The molecule has 10 nitrogen and oxygen atoms in total. The highest BCUT2D eigenvalue weighted by atomic mass is 35.5. The lowest BCUT2D eigenvalue weighted by molar-refractivity contribution is -0.164. The Hall–Kier alpha value is -2.93. The number of carbonyl (C=O) groups excluding carboxylic acids is 4. The topological polar surface area (TPSA) is 150 Å². The van der Waals surface area contributed by atoms with Crippen molar-refractivity contribution in [3.63, 3.8) is 0 Å². The predicted octanol–water partition coefficient (Wildman–Crippen LogP) is 5.42. The molecule has 0 aliphatic rings.